The first-order valence-corrected chi connectivity index (χ1v) is 11.1. The fraction of sp³-hybridized carbons (Fsp3) is 0.565. The number of oxazole rings is 1. The van der Waals surface area contributed by atoms with Gasteiger partial charge in [0.15, 0.2) is 17.2 Å². The van der Waals surface area contributed by atoms with E-state index in [1.807, 2.05) is 20.9 Å². The van der Waals surface area contributed by atoms with Gasteiger partial charge in [-0.3, -0.25) is 4.79 Å². The Balaban J connectivity index is 0.00000141. The molecule has 0 spiro atoms. The van der Waals surface area contributed by atoms with Crippen molar-refractivity contribution in [2.45, 2.75) is 40.2 Å². The average Bonchev–Trinajstić information content (AvgIpc) is 3.54. The topological polar surface area (TPSA) is 68.0 Å². The molecule has 1 amide bonds. The molecule has 2 fully saturated rings. The average molecular weight is 452 g/mol. The maximum atomic E-state index is 12.9. The highest BCUT2D eigenvalue weighted by Gasteiger charge is 2.27. The number of carbonyl (C=O) groups is 1. The number of aromatic nitrogens is 1. The number of hydrogen-bond donors (Lipinski definition) is 0. The van der Waals surface area contributed by atoms with Crippen LogP contribution in [0.25, 0.3) is 11.5 Å². The van der Waals surface area contributed by atoms with Crippen LogP contribution in [0.4, 0.5) is 8.78 Å². The molecule has 1 saturated carbocycles. The van der Waals surface area contributed by atoms with Crippen molar-refractivity contribution in [3.63, 3.8) is 0 Å². The van der Waals surface area contributed by atoms with Crippen LogP contribution in [0, 0.1) is 12.8 Å². The molecular weight excluding hydrogens is 420 g/mol. The monoisotopic (exact) mass is 451 g/mol. The van der Waals surface area contributed by atoms with E-state index >= 15 is 0 Å². The number of hydrogen-bond acceptors (Lipinski definition) is 6. The molecule has 1 saturated heterocycles. The SMILES string of the molecule is CC.Cc1oc(-c2ccc(OC(F)F)c(OCC3CC3)c2)nc1C(=O)N1CCN(C)CC1. The Labute approximate surface area is 187 Å². The second-order valence-electron chi connectivity index (χ2n) is 7.81. The molecule has 2 heterocycles. The third-order valence-electron chi connectivity index (χ3n) is 5.37. The fourth-order valence-electron chi connectivity index (χ4n) is 3.32. The predicted octanol–water partition coefficient (Wildman–Crippen LogP) is 4.45. The minimum absolute atomic E-state index is 0.0357. The molecule has 0 unspecified atom stereocenters. The lowest BCUT2D eigenvalue weighted by Gasteiger charge is -2.31. The Kier molecular flexibility index (Phi) is 8.06. The van der Waals surface area contributed by atoms with E-state index in [2.05, 4.69) is 14.6 Å². The lowest BCUT2D eigenvalue weighted by atomic mass is 10.2. The summed E-state index contributed by atoms with van der Waals surface area (Å²) >= 11 is 0. The molecular formula is C23H31F2N3O4. The number of ether oxygens (including phenoxy) is 2. The van der Waals surface area contributed by atoms with Gasteiger partial charge >= 0.3 is 6.61 Å². The van der Waals surface area contributed by atoms with E-state index < -0.39 is 6.61 Å². The van der Waals surface area contributed by atoms with Crippen molar-refractivity contribution < 1.29 is 27.5 Å². The fourth-order valence-corrected chi connectivity index (χ4v) is 3.32. The number of nitrogens with zero attached hydrogens (tertiary/aromatic N) is 3. The second kappa shape index (κ2) is 10.8. The Morgan fingerprint density at radius 3 is 2.50 bits per heavy atom. The van der Waals surface area contributed by atoms with Gasteiger partial charge in [-0.1, -0.05) is 13.8 Å². The first kappa shape index (κ1) is 24.0. The highest BCUT2D eigenvalue weighted by atomic mass is 19.3. The standard InChI is InChI=1S/C21H25F2N3O4.C2H6/c1-13-18(20(27)26-9-7-25(2)8-10-26)24-19(29-13)15-5-6-16(30-21(22)23)17(11-15)28-12-14-3-4-14;1-2/h5-6,11,14,21H,3-4,7-10,12H2,1-2H3;1-2H3. The van der Waals surface area contributed by atoms with E-state index in [0.29, 0.717) is 36.9 Å². The van der Waals surface area contributed by atoms with Crippen LogP contribution in [0.1, 0.15) is 42.9 Å². The van der Waals surface area contributed by atoms with Gasteiger partial charge in [0.2, 0.25) is 5.89 Å². The summed E-state index contributed by atoms with van der Waals surface area (Å²) in [5.41, 5.74) is 0.797. The van der Waals surface area contributed by atoms with Crippen molar-refractivity contribution in [2.75, 3.05) is 39.8 Å². The summed E-state index contributed by atoms with van der Waals surface area (Å²) < 4.78 is 41.5. The number of alkyl halides is 2. The third-order valence-corrected chi connectivity index (χ3v) is 5.37. The summed E-state index contributed by atoms with van der Waals surface area (Å²) in [6.45, 7) is 6.08. The highest BCUT2D eigenvalue weighted by molar-refractivity contribution is 5.93. The van der Waals surface area contributed by atoms with Crippen LogP contribution in [-0.4, -0.2) is 67.1 Å². The van der Waals surface area contributed by atoms with Crippen LogP contribution in [0.5, 0.6) is 11.5 Å². The molecule has 0 N–H and O–H groups in total. The van der Waals surface area contributed by atoms with Crippen molar-refractivity contribution in [2.24, 2.45) is 5.92 Å². The first-order chi connectivity index (χ1) is 15.4. The van der Waals surface area contributed by atoms with Crippen molar-refractivity contribution in [1.82, 2.24) is 14.8 Å². The minimum Gasteiger partial charge on any atom is -0.489 e. The Morgan fingerprint density at radius 2 is 1.88 bits per heavy atom. The van der Waals surface area contributed by atoms with Gasteiger partial charge in [0, 0.05) is 31.7 Å². The zero-order chi connectivity index (χ0) is 23.3. The van der Waals surface area contributed by atoms with Crippen molar-refractivity contribution >= 4 is 5.91 Å². The zero-order valence-corrected chi connectivity index (χ0v) is 19.1. The molecule has 1 aromatic carbocycles. The molecule has 176 valence electrons. The van der Waals surface area contributed by atoms with Crippen LogP contribution < -0.4 is 9.47 Å². The number of benzene rings is 1. The Morgan fingerprint density at radius 1 is 1.19 bits per heavy atom. The largest absolute Gasteiger partial charge is 0.489 e. The maximum Gasteiger partial charge on any atom is 0.387 e. The van der Waals surface area contributed by atoms with Gasteiger partial charge in [-0.25, -0.2) is 4.98 Å². The number of likely N-dealkylation sites (N-methyl/N-ethyl adjacent to an activating group) is 1. The van der Waals surface area contributed by atoms with Crippen molar-refractivity contribution in [1.29, 1.82) is 0 Å². The van der Waals surface area contributed by atoms with Gasteiger partial charge in [0.1, 0.15) is 5.76 Å². The van der Waals surface area contributed by atoms with Gasteiger partial charge in [-0.15, -0.1) is 0 Å². The summed E-state index contributed by atoms with van der Waals surface area (Å²) in [5.74, 6) is 1.12. The van der Waals surface area contributed by atoms with Gasteiger partial charge < -0.3 is 23.7 Å². The lowest BCUT2D eigenvalue weighted by molar-refractivity contribution is -0.0515. The Hall–Kier alpha value is -2.68. The van der Waals surface area contributed by atoms with E-state index in [4.69, 9.17) is 9.15 Å². The van der Waals surface area contributed by atoms with Crippen molar-refractivity contribution in [3.8, 4) is 23.0 Å². The van der Waals surface area contributed by atoms with Crippen LogP contribution in [-0.2, 0) is 0 Å². The number of piperazine rings is 1. The van der Waals surface area contributed by atoms with E-state index in [1.54, 1.807) is 24.0 Å². The molecule has 1 aliphatic heterocycles. The lowest BCUT2D eigenvalue weighted by Crippen LogP contribution is -2.47. The van der Waals surface area contributed by atoms with Gasteiger partial charge in [0.25, 0.3) is 5.91 Å². The third kappa shape index (κ3) is 5.97. The molecule has 7 nitrogen and oxygen atoms in total. The number of rotatable bonds is 7. The molecule has 0 radical (unpaired) electrons. The molecule has 32 heavy (non-hydrogen) atoms. The first-order valence-electron chi connectivity index (χ1n) is 11.1. The van der Waals surface area contributed by atoms with Crippen molar-refractivity contribution in [3.05, 3.63) is 29.7 Å². The van der Waals surface area contributed by atoms with Gasteiger partial charge in [-0.05, 0) is 50.9 Å². The predicted molar refractivity (Wildman–Crippen MR) is 116 cm³/mol. The molecule has 1 aromatic heterocycles. The van der Waals surface area contributed by atoms with Gasteiger partial charge in [0.05, 0.1) is 6.61 Å². The smallest absolute Gasteiger partial charge is 0.387 e. The van der Waals surface area contributed by atoms with E-state index in [0.717, 1.165) is 25.9 Å². The highest BCUT2D eigenvalue weighted by Crippen LogP contribution is 2.36. The van der Waals surface area contributed by atoms with E-state index in [9.17, 15) is 13.6 Å². The summed E-state index contributed by atoms with van der Waals surface area (Å²) in [7, 11) is 2.02. The zero-order valence-electron chi connectivity index (χ0n) is 19.1. The van der Waals surface area contributed by atoms with Crippen LogP contribution >= 0.6 is 0 Å². The second-order valence-corrected chi connectivity index (χ2v) is 7.81. The number of halogens is 2. The van der Waals surface area contributed by atoms with Gasteiger partial charge in [-0.2, -0.15) is 8.78 Å². The molecule has 0 bridgehead atoms. The summed E-state index contributed by atoms with van der Waals surface area (Å²) in [5, 5.41) is 0. The minimum atomic E-state index is -2.95. The van der Waals surface area contributed by atoms with E-state index in [-0.39, 0.29) is 29.0 Å². The summed E-state index contributed by atoms with van der Waals surface area (Å²) in [6.07, 6.45) is 2.14. The molecule has 4 rings (SSSR count). The summed E-state index contributed by atoms with van der Waals surface area (Å²) in [4.78, 5) is 21.2. The molecule has 2 aliphatic rings. The maximum absolute atomic E-state index is 12.9. The molecule has 2 aromatic rings. The van der Waals surface area contributed by atoms with Crippen LogP contribution in [0.2, 0.25) is 0 Å². The van der Waals surface area contributed by atoms with Crippen LogP contribution in [0.15, 0.2) is 22.6 Å². The summed E-state index contributed by atoms with van der Waals surface area (Å²) in [6, 6.07) is 4.54. The number of carbonyl (C=O) groups excluding carboxylic acids is 1. The molecule has 1 aliphatic carbocycles. The quantitative estimate of drug-likeness (QED) is 0.620. The van der Waals surface area contributed by atoms with Crippen LogP contribution in [0.3, 0.4) is 0 Å². The molecule has 9 heteroatoms. The normalized spacial score (nSPS) is 16.5. The number of aryl methyl sites for hydroxylation is 1. The Bertz CT molecular complexity index is 907. The number of amides is 1. The van der Waals surface area contributed by atoms with E-state index in [1.165, 1.54) is 6.07 Å². The molecule has 0 atom stereocenters.